The van der Waals surface area contributed by atoms with E-state index in [0.717, 1.165) is 5.56 Å². The molecule has 0 aliphatic carbocycles. The number of rotatable bonds is 4. The molecule has 1 atom stereocenters. The minimum atomic E-state index is 0.00520. The molecule has 3 N–H and O–H groups in total. The maximum atomic E-state index is 6.10. The van der Waals surface area contributed by atoms with Crippen LogP contribution in [0.3, 0.4) is 0 Å². The van der Waals surface area contributed by atoms with Gasteiger partial charge >= 0.3 is 0 Å². The van der Waals surface area contributed by atoms with Gasteiger partial charge in [-0.25, -0.2) is 0 Å². The fraction of sp³-hybridized carbons (Fsp3) is 0.333. The number of halogens is 2. The second-order valence-electron chi connectivity index (χ2n) is 3.26. The van der Waals surface area contributed by atoms with Crippen LogP contribution in [-0.4, -0.2) is 13.1 Å². The maximum Gasteiger partial charge on any atom is 0.0581 e. The van der Waals surface area contributed by atoms with Gasteiger partial charge in [-0.2, -0.15) is 0 Å². The van der Waals surface area contributed by atoms with Gasteiger partial charge in [0.25, 0.3) is 0 Å². The van der Waals surface area contributed by atoms with Crippen LogP contribution in [0.15, 0.2) is 18.2 Å². The standard InChI is InChI=1S/C12H14Cl2N2/c1-2-3-6-16-12(8-15)10-5-4-9(13)7-11(10)14/h4-5,7,12,16H,6,8,15H2,1H3. The molecule has 0 amide bonds. The maximum absolute atomic E-state index is 6.10. The molecule has 1 aromatic rings. The third kappa shape index (κ3) is 3.70. The number of nitrogens with one attached hydrogen (secondary N) is 1. The van der Waals surface area contributed by atoms with Gasteiger partial charge in [-0.3, -0.25) is 5.32 Å². The lowest BCUT2D eigenvalue weighted by molar-refractivity contribution is 0.582. The Morgan fingerprint density at radius 1 is 1.44 bits per heavy atom. The first-order valence-electron chi connectivity index (χ1n) is 4.97. The number of benzene rings is 1. The molecule has 4 heteroatoms. The summed E-state index contributed by atoms with van der Waals surface area (Å²) in [5, 5.41) is 4.47. The van der Waals surface area contributed by atoms with Crippen LogP contribution in [0.4, 0.5) is 0 Å². The summed E-state index contributed by atoms with van der Waals surface area (Å²) in [7, 11) is 0. The van der Waals surface area contributed by atoms with E-state index in [1.807, 2.05) is 6.07 Å². The van der Waals surface area contributed by atoms with Crippen molar-refractivity contribution < 1.29 is 0 Å². The molecule has 0 saturated heterocycles. The Balaban J connectivity index is 2.80. The molecule has 0 aliphatic heterocycles. The van der Waals surface area contributed by atoms with Crippen molar-refractivity contribution in [3.63, 3.8) is 0 Å². The highest BCUT2D eigenvalue weighted by Crippen LogP contribution is 2.25. The third-order valence-electron chi connectivity index (χ3n) is 2.19. The van der Waals surface area contributed by atoms with Crippen LogP contribution in [0.1, 0.15) is 18.5 Å². The van der Waals surface area contributed by atoms with Crippen molar-refractivity contribution in [1.29, 1.82) is 0 Å². The van der Waals surface area contributed by atoms with Crippen LogP contribution < -0.4 is 11.1 Å². The van der Waals surface area contributed by atoms with Crippen LogP contribution in [0.25, 0.3) is 0 Å². The number of nitrogens with two attached hydrogens (primary N) is 1. The summed E-state index contributed by atoms with van der Waals surface area (Å²) in [5.41, 5.74) is 6.64. The molecule has 0 aliphatic rings. The molecule has 1 rings (SSSR count). The van der Waals surface area contributed by atoms with Crippen LogP contribution >= 0.6 is 23.2 Å². The molecule has 16 heavy (non-hydrogen) atoms. The number of hydrogen-bond donors (Lipinski definition) is 2. The summed E-state index contributed by atoms with van der Waals surface area (Å²) >= 11 is 11.9. The van der Waals surface area contributed by atoms with Crippen LogP contribution in [0.2, 0.25) is 10.0 Å². The molecule has 0 aromatic heterocycles. The van der Waals surface area contributed by atoms with Gasteiger partial charge < -0.3 is 5.73 Å². The van der Waals surface area contributed by atoms with E-state index < -0.39 is 0 Å². The summed E-state index contributed by atoms with van der Waals surface area (Å²) < 4.78 is 0. The van der Waals surface area contributed by atoms with Gasteiger partial charge in [0.15, 0.2) is 0 Å². The van der Waals surface area contributed by atoms with Gasteiger partial charge in [0.1, 0.15) is 0 Å². The van der Waals surface area contributed by atoms with Gasteiger partial charge in [0.2, 0.25) is 0 Å². The normalized spacial score (nSPS) is 11.8. The lowest BCUT2D eigenvalue weighted by atomic mass is 10.1. The molecule has 1 aromatic carbocycles. The molecule has 86 valence electrons. The van der Waals surface area contributed by atoms with E-state index >= 15 is 0 Å². The molecule has 0 bridgehead atoms. The Morgan fingerprint density at radius 2 is 2.19 bits per heavy atom. The first-order chi connectivity index (χ1) is 7.69. The van der Waals surface area contributed by atoms with Crippen molar-refractivity contribution in [2.75, 3.05) is 13.1 Å². The predicted octanol–water partition coefficient (Wildman–Crippen LogP) is 2.61. The van der Waals surface area contributed by atoms with Gasteiger partial charge in [-0.05, 0) is 24.6 Å². The Labute approximate surface area is 106 Å². The molecule has 0 fully saturated rings. The molecule has 0 radical (unpaired) electrons. The first-order valence-corrected chi connectivity index (χ1v) is 5.72. The summed E-state index contributed by atoms with van der Waals surface area (Å²) in [6.45, 7) is 2.86. The fourth-order valence-electron chi connectivity index (χ4n) is 1.37. The van der Waals surface area contributed by atoms with Crippen molar-refractivity contribution in [1.82, 2.24) is 5.32 Å². The van der Waals surface area contributed by atoms with Crippen LogP contribution in [0.5, 0.6) is 0 Å². The molecule has 2 nitrogen and oxygen atoms in total. The second-order valence-corrected chi connectivity index (χ2v) is 4.11. The van der Waals surface area contributed by atoms with E-state index in [2.05, 4.69) is 17.2 Å². The lowest BCUT2D eigenvalue weighted by Crippen LogP contribution is -2.28. The number of hydrogen-bond acceptors (Lipinski definition) is 2. The van der Waals surface area contributed by atoms with Gasteiger partial charge in [-0.1, -0.05) is 35.2 Å². The average Bonchev–Trinajstić information content (AvgIpc) is 2.26. The molecule has 0 heterocycles. The van der Waals surface area contributed by atoms with E-state index in [1.54, 1.807) is 19.1 Å². The Hall–Kier alpha value is -0.720. The monoisotopic (exact) mass is 256 g/mol. The van der Waals surface area contributed by atoms with Crippen LogP contribution in [-0.2, 0) is 0 Å². The van der Waals surface area contributed by atoms with E-state index in [0.29, 0.717) is 23.1 Å². The summed E-state index contributed by atoms with van der Waals surface area (Å²) in [4.78, 5) is 0. The SMILES string of the molecule is CC#CCNC(CN)c1ccc(Cl)cc1Cl. The van der Waals surface area contributed by atoms with Crippen molar-refractivity contribution >= 4 is 23.2 Å². The summed E-state index contributed by atoms with van der Waals surface area (Å²) in [5.74, 6) is 5.74. The predicted molar refractivity (Wildman–Crippen MR) is 69.7 cm³/mol. The Morgan fingerprint density at radius 3 is 2.75 bits per heavy atom. The zero-order chi connectivity index (χ0) is 12.0. The quantitative estimate of drug-likeness (QED) is 0.814. The molecular weight excluding hydrogens is 243 g/mol. The molecule has 0 spiro atoms. The van der Waals surface area contributed by atoms with Crippen molar-refractivity contribution in [2.24, 2.45) is 5.73 Å². The molecular formula is C12H14Cl2N2. The summed E-state index contributed by atoms with van der Waals surface area (Å²) in [6, 6.07) is 5.41. The highest BCUT2D eigenvalue weighted by Gasteiger charge is 2.12. The van der Waals surface area contributed by atoms with Gasteiger partial charge in [0.05, 0.1) is 6.54 Å². The minimum absolute atomic E-state index is 0.00520. The lowest BCUT2D eigenvalue weighted by Gasteiger charge is -2.17. The Bertz CT molecular complexity index is 407. The van der Waals surface area contributed by atoms with Gasteiger partial charge in [0, 0.05) is 22.6 Å². The largest absolute Gasteiger partial charge is 0.329 e. The van der Waals surface area contributed by atoms with Gasteiger partial charge in [-0.15, -0.1) is 5.92 Å². The minimum Gasteiger partial charge on any atom is -0.329 e. The van der Waals surface area contributed by atoms with Crippen LogP contribution in [0, 0.1) is 11.8 Å². The zero-order valence-electron chi connectivity index (χ0n) is 9.06. The van der Waals surface area contributed by atoms with Crippen molar-refractivity contribution in [3.05, 3.63) is 33.8 Å². The van der Waals surface area contributed by atoms with E-state index in [1.165, 1.54) is 0 Å². The smallest absolute Gasteiger partial charge is 0.0581 e. The fourth-order valence-corrected chi connectivity index (χ4v) is 1.91. The van der Waals surface area contributed by atoms with E-state index in [9.17, 15) is 0 Å². The highest BCUT2D eigenvalue weighted by atomic mass is 35.5. The highest BCUT2D eigenvalue weighted by molar-refractivity contribution is 6.35. The topological polar surface area (TPSA) is 38.0 Å². The third-order valence-corrected chi connectivity index (χ3v) is 2.75. The van der Waals surface area contributed by atoms with E-state index in [-0.39, 0.29) is 6.04 Å². The average molecular weight is 257 g/mol. The Kier molecular flexibility index (Phi) is 5.65. The van der Waals surface area contributed by atoms with Crippen molar-refractivity contribution in [3.8, 4) is 11.8 Å². The summed E-state index contributed by atoms with van der Waals surface area (Å²) in [6.07, 6.45) is 0. The first kappa shape index (κ1) is 13.3. The van der Waals surface area contributed by atoms with E-state index in [4.69, 9.17) is 28.9 Å². The van der Waals surface area contributed by atoms with Crippen molar-refractivity contribution in [2.45, 2.75) is 13.0 Å². The molecule has 1 unspecified atom stereocenters. The second kappa shape index (κ2) is 6.78. The molecule has 0 saturated carbocycles. The zero-order valence-corrected chi connectivity index (χ0v) is 10.6.